The number of benzene rings is 1. The summed E-state index contributed by atoms with van der Waals surface area (Å²) in [6.07, 6.45) is 4.29. The van der Waals surface area contributed by atoms with Crippen molar-refractivity contribution < 1.29 is 4.42 Å². The molecule has 0 aliphatic carbocycles. The Hall–Kier alpha value is -1.58. The molecule has 112 valence electrons. The minimum absolute atomic E-state index is 0.892. The maximum atomic E-state index is 5.71. The third-order valence-electron chi connectivity index (χ3n) is 4.10. The lowest BCUT2D eigenvalue weighted by Gasteiger charge is -2.18. The van der Waals surface area contributed by atoms with Gasteiger partial charge in [0.15, 0.2) is 0 Å². The Labute approximate surface area is 127 Å². The van der Waals surface area contributed by atoms with Crippen molar-refractivity contribution in [2.24, 2.45) is 0 Å². The standard InChI is InChI=1S/C18H24N2O/c1-2-19-11-15-10-18(21-14-15)13-20-9-5-8-16-6-3-4-7-17(16)12-20/h3-4,6-7,10,14,19H,2,5,8-9,11-13H2,1H3. The summed E-state index contributed by atoms with van der Waals surface area (Å²) in [6.45, 7) is 7.07. The molecule has 1 aromatic heterocycles. The molecule has 2 heterocycles. The topological polar surface area (TPSA) is 28.4 Å². The van der Waals surface area contributed by atoms with Crippen LogP contribution in [0.4, 0.5) is 0 Å². The van der Waals surface area contributed by atoms with Crippen molar-refractivity contribution in [2.75, 3.05) is 13.1 Å². The zero-order chi connectivity index (χ0) is 14.5. The largest absolute Gasteiger partial charge is 0.468 e. The average molecular weight is 284 g/mol. The summed E-state index contributed by atoms with van der Waals surface area (Å²) in [5, 5.41) is 3.33. The molecule has 1 aromatic carbocycles. The molecular formula is C18H24N2O. The Bertz CT molecular complexity index is 576. The first kappa shape index (κ1) is 14.4. The number of rotatable bonds is 5. The molecule has 0 fully saturated rings. The van der Waals surface area contributed by atoms with Gasteiger partial charge in [0.25, 0.3) is 0 Å². The molecular weight excluding hydrogens is 260 g/mol. The molecule has 0 bridgehead atoms. The van der Waals surface area contributed by atoms with Crippen LogP contribution in [-0.4, -0.2) is 18.0 Å². The first-order chi connectivity index (χ1) is 10.3. The number of nitrogens with one attached hydrogen (secondary N) is 1. The van der Waals surface area contributed by atoms with Crippen LogP contribution in [0, 0.1) is 0 Å². The number of fused-ring (bicyclic) bond motifs is 1. The molecule has 1 N–H and O–H groups in total. The van der Waals surface area contributed by atoms with Crippen LogP contribution in [0.5, 0.6) is 0 Å². The van der Waals surface area contributed by atoms with Crippen molar-refractivity contribution in [1.29, 1.82) is 0 Å². The fraction of sp³-hybridized carbons (Fsp3) is 0.444. The van der Waals surface area contributed by atoms with Crippen molar-refractivity contribution in [3.63, 3.8) is 0 Å². The van der Waals surface area contributed by atoms with Gasteiger partial charge in [0, 0.05) is 18.7 Å². The number of furan rings is 1. The first-order valence-corrected chi connectivity index (χ1v) is 7.91. The number of nitrogens with zero attached hydrogens (tertiary/aromatic N) is 1. The van der Waals surface area contributed by atoms with Crippen molar-refractivity contribution in [1.82, 2.24) is 10.2 Å². The third-order valence-corrected chi connectivity index (χ3v) is 4.10. The van der Waals surface area contributed by atoms with Crippen molar-refractivity contribution in [3.8, 4) is 0 Å². The van der Waals surface area contributed by atoms with Gasteiger partial charge in [0.1, 0.15) is 5.76 Å². The lowest BCUT2D eigenvalue weighted by atomic mass is 10.0. The Balaban J connectivity index is 1.64. The maximum Gasteiger partial charge on any atom is 0.118 e. The molecule has 0 unspecified atom stereocenters. The summed E-state index contributed by atoms with van der Waals surface area (Å²) in [6, 6.07) is 11.0. The van der Waals surface area contributed by atoms with Crippen molar-refractivity contribution in [2.45, 2.75) is 39.4 Å². The SMILES string of the molecule is CCNCc1coc(CN2CCCc3ccccc3C2)c1. The van der Waals surface area contributed by atoms with Crippen LogP contribution >= 0.6 is 0 Å². The van der Waals surface area contributed by atoms with E-state index in [0.717, 1.165) is 38.5 Å². The predicted molar refractivity (Wildman–Crippen MR) is 85.0 cm³/mol. The van der Waals surface area contributed by atoms with Gasteiger partial charge in [-0.05, 0) is 43.1 Å². The summed E-state index contributed by atoms with van der Waals surface area (Å²) >= 11 is 0. The monoisotopic (exact) mass is 284 g/mol. The number of aryl methyl sites for hydroxylation is 1. The molecule has 1 aliphatic heterocycles. The molecule has 0 amide bonds. The van der Waals surface area contributed by atoms with E-state index < -0.39 is 0 Å². The van der Waals surface area contributed by atoms with Gasteiger partial charge in [-0.15, -0.1) is 0 Å². The van der Waals surface area contributed by atoms with Crippen molar-refractivity contribution in [3.05, 3.63) is 59.0 Å². The van der Waals surface area contributed by atoms with E-state index in [1.54, 1.807) is 0 Å². The molecule has 1 aliphatic rings. The lowest BCUT2D eigenvalue weighted by Crippen LogP contribution is -2.22. The molecule has 3 heteroatoms. The van der Waals surface area contributed by atoms with E-state index in [-0.39, 0.29) is 0 Å². The lowest BCUT2D eigenvalue weighted by molar-refractivity contribution is 0.239. The van der Waals surface area contributed by atoms with E-state index in [1.807, 2.05) is 6.26 Å². The minimum Gasteiger partial charge on any atom is -0.468 e. The summed E-state index contributed by atoms with van der Waals surface area (Å²) in [4.78, 5) is 2.49. The van der Waals surface area contributed by atoms with Crippen LogP contribution < -0.4 is 5.32 Å². The van der Waals surface area contributed by atoms with Crippen LogP contribution in [-0.2, 0) is 26.1 Å². The predicted octanol–water partition coefficient (Wildman–Crippen LogP) is 3.34. The Morgan fingerprint density at radius 2 is 2.10 bits per heavy atom. The van der Waals surface area contributed by atoms with Crippen LogP contribution in [0.1, 0.15) is 35.8 Å². The average Bonchev–Trinajstić information content (AvgIpc) is 2.83. The van der Waals surface area contributed by atoms with E-state index in [4.69, 9.17) is 4.42 Å². The van der Waals surface area contributed by atoms with Gasteiger partial charge in [0.2, 0.25) is 0 Å². The molecule has 0 radical (unpaired) electrons. The van der Waals surface area contributed by atoms with E-state index in [9.17, 15) is 0 Å². The Morgan fingerprint density at radius 3 is 2.95 bits per heavy atom. The van der Waals surface area contributed by atoms with Gasteiger partial charge in [0.05, 0.1) is 12.8 Å². The first-order valence-electron chi connectivity index (χ1n) is 7.91. The van der Waals surface area contributed by atoms with Crippen LogP contribution in [0.25, 0.3) is 0 Å². The van der Waals surface area contributed by atoms with E-state index in [0.29, 0.717) is 0 Å². The summed E-state index contributed by atoms with van der Waals surface area (Å²) in [5.41, 5.74) is 4.21. The normalized spacial score (nSPS) is 15.7. The summed E-state index contributed by atoms with van der Waals surface area (Å²) < 4.78 is 5.71. The second kappa shape index (κ2) is 6.92. The van der Waals surface area contributed by atoms with Gasteiger partial charge in [-0.2, -0.15) is 0 Å². The zero-order valence-electron chi connectivity index (χ0n) is 12.8. The summed E-state index contributed by atoms with van der Waals surface area (Å²) in [7, 11) is 0. The van der Waals surface area contributed by atoms with Crippen LogP contribution in [0.3, 0.4) is 0 Å². The molecule has 21 heavy (non-hydrogen) atoms. The second-order valence-corrected chi connectivity index (χ2v) is 5.78. The molecule has 0 saturated carbocycles. The molecule has 0 atom stereocenters. The highest BCUT2D eigenvalue weighted by Crippen LogP contribution is 2.20. The highest BCUT2D eigenvalue weighted by Gasteiger charge is 2.15. The van der Waals surface area contributed by atoms with Crippen molar-refractivity contribution >= 4 is 0 Å². The van der Waals surface area contributed by atoms with E-state index in [1.165, 1.54) is 29.5 Å². The third kappa shape index (κ3) is 3.74. The highest BCUT2D eigenvalue weighted by atomic mass is 16.3. The number of hydrogen-bond donors (Lipinski definition) is 1. The van der Waals surface area contributed by atoms with Crippen LogP contribution in [0.2, 0.25) is 0 Å². The fourth-order valence-corrected chi connectivity index (χ4v) is 3.00. The van der Waals surface area contributed by atoms with Gasteiger partial charge < -0.3 is 9.73 Å². The fourth-order valence-electron chi connectivity index (χ4n) is 3.00. The molecule has 2 aromatic rings. The molecule has 0 saturated heterocycles. The molecule has 0 spiro atoms. The van der Waals surface area contributed by atoms with Gasteiger partial charge in [-0.1, -0.05) is 31.2 Å². The van der Waals surface area contributed by atoms with Gasteiger partial charge in [-0.3, -0.25) is 4.90 Å². The smallest absolute Gasteiger partial charge is 0.118 e. The second-order valence-electron chi connectivity index (χ2n) is 5.78. The number of hydrogen-bond acceptors (Lipinski definition) is 3. The highest BCUT2D eigenvalue weighted by molar-refractivity contribution is 5.28. The van der Waals surface area contributed by atoms with E-state index >= 15 is 0 Å². The van der Waals surface area contributed by atoms with Gasteiger partial charge >= 0.3 is 0 Å². The Kier molecular flexibility index (Phi) is 4.73. The zero-order valence-corrected chi connectivity index (χ0v) is 12.8. The quantitative estimate of drug-likeness (QED) is 0.913. The minimum atomic E-state index is 0.892. The molecule has 3 nitrogen and oxygen atoms in total. The maximum absolute atomic E-state index is 5.71. The van der Waals surface area contributed by atoms with Crippen LogP contribution in [0.15, 0.2) is 41.0 Å². The Morgan fingerprint density at radius 1 is 1.24 bits per heavy atom. The van der Waals surface area contributed by atoms with E-state index in [2.05, 4.69) is 47.5 Å². The summed E-state index contributed by atoms with van der Waals surface area (Å²) in [5.74, 6) is 1.07. The van der Waals surface area contributed by atoms with Gasteiger partial charge in [-0.25, -0.2) is 0 Å². The molecule has 3 rings (SSSR count).